The summed E-state index contributed by atoms with van der Waals surface area (Å²) in [6.07, 6.45) is 1.92. The molecule has 1 heterocycles. The first-order valence-electron chi connectivity index (χ1n) is 5.76. The Balaban J connectivity index is 2.18. The third kappa shape index (κ3) is 3.34. The Kier molecular flexibility index (Phi) is 4.05. The van der Waals surface area contributed by atoms with E-state index in [1.165, 1.54) is 16.9 Å². The number of benzene rings is 1. The number of nitrogens with two attached hydrogens (primary N) is 1. The van der Waals surface area contributed by atoms with Crippen LogP contribution in [-0.4, -0.2) is 23.2 Å². The van der Waals surface area contributed by atoms with E-state index in [9.17, 15) is 8.42 Å². The lowest BCUT2D eigenvalue weighted by molar-refractivity contribution is 0.582. The molecule has 8 heteroatoms. The SMILES string of the molecule is Cn1nccc1S(=O)(=O)Nc1ccc(CC(N)=S)cc1. The van der Waals surface area contributed by atoms with E-state index < -0.39 is 10.0 Å². The van der Waals surface area contributed by atoms with E-state index in [2.05, 4.69) is 9.82 Å². The number of hydrogen-bond acceptors (Lipinski definition) is 4. The molecule has 1 aromatic carbocycles. The molecular weight excluding hydrogens is 296 g/mol. The van der Waals surface area contributed by atoms with Crippen molar-refractivity contribution in [3.63, 3.8) is 0 Å². The molecule has 0 bridgehead atoms. The Morgan fingerprint density at radius 3 is 2.50 bits per heavy atom. The quantitative estimate of drug-likeness (QED) is 0.806. The Hall–Kier alpha value is -1.93. The maximum Gasteiger partial charge on any atom is 0.279 e. The minimum Gasteiger partial charge on any atom is -0.393 e. The largest absolute Gasteiger partial charge is 0.393 e. The fourth-order valence-corrected chi connectivity index (χ4v) is 3.08. The van der Waals surface area contributed by atoms with Gasteiger partial charge in [-0.15, -0.1) is 0 Å². The first kappa shape index (κ1) is 14.5. The van der Waals surface area contributed by atoms with Gasteiger partial charge in [-0.2, -0.15) is 13.5 Å². The van der Waals surface area contributed by atoms with Gasteiger partial charge in [0, 0.05) is 19.2 Å². The summed E-state index contributed by atoms with van der Waals surface area (Å²) in [7, 11) is -2.07. The summed E-state index contributed by atoms with van der Waals surface area (Å²) in [6.45, 7) is 0. The molecule has 3 N–H and O–H groups in total. The van der Waals surface area contributed by atoms with Gasteiger partial charge in [-0.25, -0.2) is 0 Å². The van der Waals surface area contributed by atoms with Crippen LogP contribution in [0.25, 0.3) is 0 Å². The van der Waals surface area contributed by atoms with Crippen molar-refractivity contribution in [1.29, 1.82) is 0 Å². The predicted octanol–water partition coefficient (Wildman–Crippen LogP) is 1.05. The monoisotopic (exact) mass is 310 g/mol. The molecule has 0 atom stereocenters. The number of rotatable bonds is 5. The average molecular weight is 310 g/mol. The number of aromatic nitrogens is 2. The summed E-state index contributed by atoms with van der Waals surface area (Å²) in [5, 5.41) is 3.94. The van der Waals surface area contributed by atoms with Crippen molar-refractivity contribution in [2.75, 3.05) is 4.72 Å². The van der Waals surface area contributed by atoms with Gasteiger partial charge in [-0.05, 0) is 23.8 Å². The van der Waals surface area contributed by atoms with Crippen LogP contribution in [-0.2, 0) is 23.5 Å². The normalized spacial score (nSPS) is 11.2. The van der Waals surface area contributed by atoms with Gasteiger partial charge >= 0.3 is 0 Å². The van der Waals surface area contributed by atoms with Crippen molar-refractivity contribution in [3.8, 4) is 0 Å². The van der Waals surface area contributed by atoms with E-state index >= 15 is 0 Å². The van der Waals surface area contributed by atoms with Crippen LogP contribution >= 0.6 is 12.2 Å². The topological polar surface area (TPSA) is 90.0 Å². The standard InChI is InChI=1S/C12H14N4O2S2/c1-16-12(6-7-14-16)20(17,18)15-10-4-2-9(3-5-10)8-11(13)19/h2-7,15H,8H2,1H3,(H2,13,19). The Morgan fingerprint density at radius 2 is 2.00 bits per heavy atom. The summed E-state index contributed by atoms with van der Waals surface area (Å²) in [6, 6.07) is 8.33. The number of nitrogens with zero attached hydrogens (tertiary/aromatic N) is 2. The van der Waals surface area contributed by atoms with Crippen LogP contribution in [0.4, 0.5) is 5.69 Å². The first-order valence-corrected chi connectivity index (χ1v) is 7.66. The van der Waals surface area contributed by atoms with E-state index in [1.54, 1.807) is 31.3 Å². The van der Waals surface area contributed by atoms with Crippen LogP contribution in [0.2, 0.25) is 0 Å². The Bertz CT molecular complexity index is 720. The molecule has 6 nitrogen and oxygen atoms in total. The lowest BCUT2D eigenvalue weighted by Crippen LogP contribution is -2.16. The van der Waals surface area contributed by atoms with Crippen LogP contribution in [0.5, 0.6) is 0 Å². The van der Waals surface area contributed by atoms with Crippen LogP contribution in [0.3, 0.4) is 0 Å². The fraction of sp³-hybridized carbons (Fsp3) is 0.167. The molecule has 20 heavy (non-hydrogen) atoms. The lowest BCUT2D eigenvalue weighted by atomic mass is 10.1. The lowest BCUT2D eigenvalue weighted by Gasteiger charge is -2.08. The maximum absolute atomic E-state index is 12.1. The van der Waals surface area contributed by atoms with Crippen molar-refractivity contribution in [1.82, 2.24) is 9.78 Å². The summed E-state index contributed by atoms with van der Waals surface area (Å²) >= 11 is 4.82. The summed E-state index contributed by atoms with van der Waals surface area (Å²) < 4.78 is 28.1. The predicted molar refractivity (Wildman–Crippen MR) is 80.9 cm³/mol. The molecule has 1 aromatic heterocycles. The number of anilines is 1. The average Bonchev–Trinajstić information content (AvgIpc) is 2.78. The molecular formula is C12H14N4O2S2. The van der Waals surface area contributed by atoms with Gasteiger partial charge < -0.3 is 5.73 Å². The molecule has 0 saturated carbocycles. The van der Waals surface area contributed by atoms with Crippen molar-refractivity contribution < 1.29 is 8.42 Å². The van der Waals surface area contributed by atoms with E-state index in [0.29, 0.717) is 17.1 Å². The van der Waals surface area contributed by atoms with Gasteiger partial charge in [0.15, 0.2) is 5.03 Å². The second-order valence-corrected chi connectivity index (χ2v) is 6.39. The number of hydrogen-bond donors (Lipinski definition) is 2. The molecule has 0 amide bonds. The molecule has 0 fully saturated rings. The number of thiocarbonyl (C=S) groups is 1. The van der Waals surface area contributed by atoms with E-state index in [0.717, 1.165) is 5.56 Å². The molecule has 106 valence electrons. The van der Waals surface area contributed by atoms with Crippen molar-refractivity contribution in [3.05, 3.63) is 42.1 Å². The highest BCUT2D eigenvalue weighted by atomic mass is 32.2. The third-order valence-corrected chi connectivity index (χ3v) is 4.24. The number of sulfonamides is 1. The molecule has 0 unspecified atom stereocenters. The Labute approximate surface area is 122 Å². The summed E-state index contributed by atoms with van der Waals surface area (Å²) in [5.74, 6) is 0. The van der Waals surface area contributed by atoms with Crippen molar-refractivity contribution in [2.24, 2.45) is 12.8 Å². The van der Waals surface area contributed by atoms with Crippen molar-refractivity contribution >= 4 is 32.9 Å². The van der Waals surface area contributed by atoms with E-state index in [1.807, 2.05) is 0 Å². The molecule has 0 aliphatic heterocycles. The van der Waals surface area contributed by atoms with Crippen LogP contribution in [0.15, 0.2) is 41.6 Å². The van der Waals surface area contributed by atoms with Gasteiger partial charge in [0.1, 0.15) is 0 Å². The van der Waals surface area contributed by atoms with E-state index in [4.69, 9.17) is 18.0 Å². The second-order valence-electron chi connectivity index (χ2n) is 4.24. The molecule has 0 aliphatic carbocycles. The molecule has 0 spiro atoms. The first-order chi connectivity index (χ1) is 9.38. The fourth-order valence-electron chi connectivity index (χ4n) is 1.72. The van der Waals surface area contributed by atoms with Crippen LogP contribution in [0, 0.1) is 0 Å². The molecule has 0 aliphatic rings. The molecule has 0 radical (unpaired) electrons. The zero-order valence-electron chi connectivity index (χ0n) is 10.8. The highest BCUT2D eigenvalue weighted by molar-refractivity contribution is 7.92. The van der Waals surface area contributed by atoms with Gasteiger partial charge in [0.05, 0.1) is 11.2 Å². The maximum atomic E-state index is 12.1. The third-order valence-electron chi connectivity index (χ3n) is 2.64. The van der Waals surface area contributed by atoms with Gasteiger partial charge in [-0.1, -0.05) is 24.4 Å². The minimum atomic E-state index is -3.64. The summed E-state index contributed by atoms with van der Waals surface area (Å²) in [5.41, 5.74) is 6.86. The zero-order valence-corrected chi connectivity index (χ0v) is 12.4. The molecule has 2 rings (SSSR count). The van der Waals surface area contributed by atoms with Gasteiger partial charge in [0.25, 0.3) is 10.0 Å². The highest BCUT2D eigenvalue weighted by Crippen LogP contribution is 2.16. The van der Waals surface area contributed by atoms with Crippen LogP contribution < -0.4 is 10.5 Å². The van der Waals surface area contributed by atoms with Crippen LogP contribution in [0.1, 0.15) is 5.56 Å². The smallest absolute Gasteiger partial charge is 0.279 e. The van der Waals surface area contributed by atoms with Crippen molar-refractivity contribution in [2.45, 2.75) is 11.4 Å². The van der Waals surface area contributed by atoms with E-state index in [-0.39, 0.29) is 5.03 Å². The second kappa shape index (κ2) is 5.59. The highest BCUT2D eigenvalue weighted by Gasteiger charge is 2.17. The zero-order chi connectivity index (χ0) is 14.8. The number of nitrogens with one attached hydrogen (secondary N) is 1. The number of aryl methyl sites for hydroxylation is 1. The molecule has 2 aromatic rings. The Morgan fingerprint density at radius 1 is 1.35 bits per heavy atom. The summed E-state index contributed by atoms with van der Waals surface area (Å²) in [4.78, 5) is 0.396. The van der Waals surface area contributed by atoms with Gasteiger partial charge in [0.2, 0.25) is 0 Å². The minimum absolute atomic E-state index is 0.102. The van der Waals surface area contributed by atoms with Gasteiger partial charge in [-0.3, -0.25) is 9.40 Å². The molecule has 0 saturated heterocycles.